The molecule has 1 amide bonds. The van der Waals surface area contributed by atoms with Crippen LogP contribution in [0, 0.1) is 6.92 Å². The molecule has 2 aromatic carbocycles. The van der Waals surface area contributed by atoms with E-state index in [0.29, 0.717) is 23.6 Å². The third-order valence-corrected chi connectivity index (χ3v) is 5.14. The molecule has 0 bridgehead atoms. The minimum atomic E-state index is -0.0420. The summed E-state index contributed by atoms with van der Waals surface area (Å²) in [6.45, 7) is 4.66. The van der Waals surface area contributed by atoms with Crippen molar-refractivity contribution in [1.82, 2.24) is 10.2 Å². The Morgan fingerprint density at radius 1 is 1.04 bits per heavy atom. The van der Waals surface area contributed by atoms with Gasteiger partial charge in [-0.05, 0) is 62.7 Å². The number of likely N-dealkylation sites (tertiary alicyclic amines) is 1. The molecule has 144 valence electrons. The number of ether oxygens (including phenoxy) is 2. The SMILES string of the molecule is COc1ccc(C(CNC(=O)c2ccc(C)cc2)N2CCCC2)cc1OC. The Labute approximate surface area is 161 Å². The highest BCUT2D eigenvalue weighted by molar-refractivity contribution is 5.94. The number of carbonyl (C=O) groups is 1. The molecule has 1 aliphatic rings. The summed E-state index contributed by atoms with van der Waals surface area (Å²) in [5.41, 5.74) is 2.96. The Hall–Kier alpha value is -2.53. The number of aryl methyl sites for hydroxylation is 1. The summed E-state index contributed by atoms with van der Waals surface area (Å²) in [5, 5.41) is 3.11. The molecule has 1 atom stereocenters. The van der Waals surface area contributed by atoms with Crippen LogP contribution in [0.5, 0.6) is 11.5 Å². The van der Waals surface area contributed by atoms with Crippen LogP contribution in [-0.2, 0) is 0 Å². The molecular formula is C22H28N2O3. The fourth-order valence-corrected chi connectivity index (χ4v) is 3.57. The lowest BCUT2D eigenvalue weighted by Gasteiger charge is -2.28. The monoisotopic (exact) mass is 368 g/mol. The van der Waals surface area contributed by atoms with Crippen molar-refractivity contribution in [2.75, 3.05) is 33.9 Å². The van der Waals surface area contributed by atoms with Crippen LogP contribution >= 0.6 is 0 Å². The maximum absolute atomic E-state index is 12.6. The van der Waals surface area contributed by atoms with Crippen molar-refractivity contribution in [3.05, 3.63) is 59.2 Å². The first-order valence-corrected chi connectivity index (χ1v) is 9.43. The van der Waals surface area contributed by atoms with E-state index in [1.54, 1.807) is 14.2 Å². The molecule has 0 radical (unpaired) electrons. The van der Waals surface area contributed by atoms with Crippen molar-refractivity contribution in [2.24, 2.45) is 0 Å². The highest BCUT2D eigenvalue weighted by Crippen LogP contribution is 2.33. The maximum Gasteiger partial charge on any atom is 0.251 e. The number of methoxy groups -OCH3 is 2. The van der Waals surface area contributed by atoms with Crippen LogP contribution in [0.1, 0.15) is 40.4 Å². The van der Waals surface area contributed by atoms with E-state index in [1.165, 1.54) is 12.8 Å². The standard InChI is InChI=1S/C22H28N2O3/c1-16-6-8-17(9-7-16)22(25)23-15-19(24-12-4-5-13-24)18-10-11-20(26-2)21(14-18)27-3/h6-11,14,19H,4-5,12-13,15H2,1-3H3,(H,23,25). The first kappa shape index (κ1) is 19.2. The molecule has 1 unspecified atom stereocenters. The Kier molecular flexibility index (Phi) is 6.35. The van der Waals surface area contributed by atoms with Crippen LogP contribution in [0.4, 0.5) is 0 Å². The highest BCUT2D eigenvalue weighted by Gasteiger charge is 2.25. The lowest BCUT2D eigenvalue weighted by Crippen LogP contribution is -2.36. The Bertz CT molecular complexity index is 768. The van der Waals surface area contributed by atoms with Crippen molar-refractivity contribution in [3.63, 3.8) is 0 Å². The second-order valence-corrected chi connectivity index (χ2v) is 6.95. The van der Waals surface area contributed by atoms with E-state index < -0.39 is 0 Å². The second kappa shape index (κ2) is 8.91. The molecule has 5 nitrogen and oxygen atoms in total. The quantitative estimate of drug-likeness (QED) is 0.812. The van der Waals surface area contributed by atoms with Gasteiger partial charge in [-0.1, -0.05) is 23.8 Å². The fraction of sp³-hybridized carbons (Fsp3) is 0.409. The molecule has 1 saturated heterocycles. The number of rotatable bonds is 7. The van der Waals surface area contributed by atoms with Crippen LogP contribution in [0.2, 0.25) is 0 Å². The molecule has 1 heterocycles. The van der Waals surface area contributed by atoms with Gasteiger partial charge in [0, 0.05) is 12.1 Å². The number of carbonyl (C=O) groups excluding carboxylic acids is 1. The molecule has 5 heteroatoms. The van der Waals surface area contributed by atoms with Gasteiger partial charge >= 0.3 is 0 Å². The number of hydrogen-bond acceptors (Lipinski definition) is 4. The van der Waals surface area contributed by atoms with E-state index in [1.807, 2.05) is 43.3 Å². The predicted octanol–water partition coefficient (Wildman–Crippen LogP) is 3.58. The number of benzene rings is 2. The van der Waals surface area contributed by atoms with E-state index in [-0.39, 0.29) is 11.9 Å². The molecule has 27 heavy (non-hydrogen) atoms. The van der Waals surface area contributed by atoms with E-state index in [9.17, 15) is 4.79 Å². The zero-order valence-corrected chi connectivity index (χ0v) is 16.3. The Balaban J connectivity index is 1.77. The Morgan fingerprint density at radius 3 is 2.33 bits per heavy atom. The minimum Gasteiger partial charge on any atom is -0.493 e. The molecule has 2 aromatic rings. The highest BCUT2D eigenvalue weighted by atomic mass is 16.5. The van der Waals surface area contributed by atoms with Gasteiger partial charge in [0.1, 0.15) is 0 Å². The predicted molar refractivity (Wildman–Crippen MR) is 107 cm³/mol. The zero-order chi connectivity index (χ0) is 19.2. The van der Waals surface area contributed by atoms with Gasteiger partial charge in [-0.15, -0.1) is 0 Å². The van der Waals surface area contributed by atoms with Crippen molar-refractivity contribution in [1.29, 1.82) is 0 Å². The molecule has 0 saturated carbocycles. The van der Waals surface area contributed by atoms with Crippen LogP contribution in [0.25, 0.3) is 0 Å². The largest absolute Gasteiger partial charge is 0.493 e. The maximum atomic E-state index is 12.6. The summed E-state index contributed by atoms with van der Waals surface area (Å²) in [6, 6.07) is 13.8. The number of nitrogens with zero attached hydrogens (tertiary/aromatic N) is 1. The van der Waals surface area contributed by atoms with E-state index >= 15 is 0 Å². The van der Waals surface area contributed by atoms with Gasteiger partial charge in [0.15, 0.2) is 11.5 Å². The van der Waals surface area contributed by atoms with Gasteiger partial charge < -0.3 is 14.8 Å². The molecule has 1 fully saturated rings. The average molecular weight is 368 g/mol. The van der Waals surface area contributed by atoms with E-state index in [2.05, 4.69) is 16.3 Å². The van der Waals surface area contributed by atoms with E-state index in [4.69, 9.17) is 9.47 Å². The third kappa shape index (κ3) is 4.61. The van der Waals surface area contributed by atoms with Crippen LogP contribution in [-0.4, -0.2) is 44.7 Å². The van der Waals surface area contributed by atoms with Gasteiger partial charge in [-0.3, -0.25) is 9.69 Å². The van der Waals surface area contributed by atoms with Gasteiger partial charge in [-0.2, -0.15) is 0 Å². The summed E-state index contributed by atoms with van der Waals surface area (Å²) in [7, 11) is 3.28. The summed E-state index contributed by atoms with van der Waals surface area (Å²) in [6.07, 6.45) is 2.38. The Morgan fingerprint density at radius 2 is 1.70 bits per heavy atom. The normalized spacial score (nSPS) is 15.4. The average Bonchev–Trinajstić information content (AvgIpc) is 3.22. The first-order chi connectivity index (χ1) is 13.1. The molecule has 0 aliphatic carbocycles. The van der Waals surface area contributed by atoms with Crippen LogP contribution in [0.15, 0.2) is 42.5 Å². The number of nitrogens with one attached hydrogen (secondary N) is 1. The number of amides is 1. The molecule has 1 N–H and O–H groups in total. The van der Waals surface area contributed by atoms with Gasteiger partial charge in [0.2, 0.25) is 0 Å². The lowest BCUT2D eigenvalue weighted by molar-refractivity contribution is 0.0938. The van der Waals surface area contributed by atoms with Gasteiger partial charge in [0.25, 0.3) is 5.91 Å². The van der Waals surface area contributed by atoms with Crippen LogP contribution in [0.3, 0.4) is 0 Å². The third-order valence-electron chi connectivity index (χ3n) is 5.14. The van der Waals surface area contributed by atoms with Crippen molar-refractivity contribution in [3.8, 4) is 11.5 Å². The topological polar surface area (TPSA) is 50.8 Å². The number of hydrogen-bond donors (Lipinski definition) is 1. The molecule has 0 aromatic heterocycles. The fourth-order valence-electron chi connectivity index (χ4n) is 3.57. The summed E-state index contributed by atoms with van der Waals surface area (Å²) in [4.78, 5) is 15.0. The molecule has 3 rings (SSSR count). The minimum absolute atomic E-state index is 0.0420. The summed E-state index contributed by atoms with van der Waals surface area (Å²) < 4.78 is 10.8. The van der Waals surface area contributed by atoms with Gasteiger partial charge in [0.05, 0.1) is 20.3 Å². The van der Waals surface area contributed by atoms with Gasteiger partial charge in [-0.25, -0.2) is 0 Å². The van der Waals surface area contributed by atoms with Crippen molar-refractivity contribution < 1.29 is 14.3 Å². The summed E-state index contributed by atoms with van der Waals surface area (Å²) in [5.74, 6) is 1.38. The van der Waals surface area contributed by atoms with Crippen molar-refractivity contribution in [2.45, 2.75) is 25.8 Å². The molecule has 1 aliphatic heterocycles. The van der Waals surface area contributed by atoms with E-state index in [0.717, 1.165) is 24.2 Å². The second-order valence-electron chi connectivity index (χ2n) is 6.95. The lowest BCUT2D eigenvalue weighted by atomic mass is 10.0. The smallest absolute Gasteiger partial charge is 0.251 e. The molecular weight excluding hydrogens is 340 g/mol. The summed E-state index contributed by atoms with van der Waals surface area (Å²) >= 11 is 0. The van der Waals surface area contributed by atoms with Crippen molar-refractivity contribution >= 4 is 5.91 Å². The zero-order valence-electron chi connectivity index (χ0n) is 16.3. The first-order valence-electron chi connectivity index (χ1n) is 9.43. The molecule has 0 spiro atoms. The van der Waals surface area contributed by atoms with Crippen LogP contribution < -0.4 is 14.8 Å².